The van der Waals surface area contributed by atoms with E-state index in [9.17, 15) is 4.39 Å². The lowest BCUT2D eigenvalue weighted by Crippen LogP contribution is -2.32. The summed E-state index contributed by atoms with van der Waals surface area (Å²) < 4.78 is 12.9. The molecular weight excluding hydrogens is 257 g/mol. The van der Waals surface area contributed by atoms with E-state index in [-0.39, 0.29) is 18.5 Å². The van der Waals surface area contributed by atoms with Gasteiger partial charge >= 0.3 is 0 Å². The highest BCUT2D eigenvalue weighted by atomic mass is 19.1. The molecule has 0 amide bonds. The van der Waals surface area contributed by atoms with Crippen LogP contribution < -0.4 is 5.32 Å². The van der Waals surface area contributed by atoms with Crippen LogP contribution in [-0.4, -0.2) is 48.3 Å². The molecule has 5 heteroatoms. The van der Waals surface area contributed by atoms with Crippen molar-refractivity contribution in [2.24, 2.45) is 0 Å². The number of nitrogens with zero attached hydrogens (tertiary/aromatic N) is 2. The summed E-state index contributed by atoms with van der Waals surface area (Å²) in [6.07, 6.45) is 4.43. The second kappa shape index (κ2) is 9.80. The Morgan fingerprint density at radius 1 is 1.35 bits per heavy atom. The van der Waals surface area contributed by atoms with Gasteiger partial charge in [0.25, 0.3) is 0 Å². The Labute approximate surface area is 121 Å². The van der Waals surface area contributed by atoms with E-state index in [0.29, 0.717) is 6.54 Å². The third-order valence-corrected chi connectivity index (χ3v) is 3.43. The maximum Gasteiger partial charge on any atom is 0.141 e. The minimum absolute atomic E-state index is 0.110. The van der Waals surface area contributed by atoms with Crippen LogP contribution in [0, 0.1) is 5.82 Å². The number of pyridine rings is 1. The van der Waals surface area contributed by atoms with Gasteiger partial charge < -0.3 is 15.3 Å². The van der Waals surface area contributed by atoms with Crippen molar-refractivity contribution in [3.63, 3.8) is 0 Å². The molecule has 0 aliphatic heterocycles. The zero-order valence-electron chi connectivity index (χ0n) is 12.5. The third-order valence-electron chi connectivity index (χ3n) is 3.43. The van der Waals surface area contributed by atoms with Gasteiger partial charge in [-0.25, -0.2) is 4.39 Å². The molecular formula is C15H26FN3O. The number of nitrogens with one attached hydrogen (secondary N) is 1. The Balaban J connectivity index is 2.51. The molecule has 0 aromatic carbocycles. The predicted octanol–water partition coefficient (Wildman–Crippen LogP) is 1.97. The second-order valence-electron chi connectivity index (χ2n) is 4.95. The molecule has 1 unspecified atom stereocenters. The molecule has 20 heavy (non-hydrogen) atoms. The molecule has 114 valence electrons. The number of rotatable bonds is 10. The summed E-state index contributed by atoms with van der Waals surface area (Å²) in [4.78, 5) is 6.39. The van der Waals surface area contributed by atoms with Gasteiger partial charge in [0.1, 0.15) is 5.82 Å². The summed E-state index contributed by atoms with van der Waals surface area (Å²) in [6, 6.07) is 3.27. The van der Waals surface area contributed by atoms with E-state index in [1.54, 1.807) is 6.07 Å². The molecule has 0 aliphatic carbocycles. The average molecular weight is 283 g/mol. The summed E-state index contributed by atoms with van der Waals surface area (Å²) in [5, 5.41) is 12.3. The van der Waals surface area contributed by atoms with Crippen molar-refractivity contribution in [3.8, 4) is 0 Å². The molecule has 0 fully saturated rings. The molecule has 0 bridgehead atoms. The quantitative estimate of drug-likeness (QED) is 0.689. The minimum atomic E-state index is -0.312. The van der Waals surface area contributed by atoms with Crippen LogP contribution in [0.1, 0.15) is 37.9 Å². The van der Waals surface area contributed by atoms with Gasteiger partial charge in [0, 0.05) is 13.1 Å². The lowest BCUT2D eigenvalue weighted by atomic mass is 10.1. The highest BCUT2D eigenvalue weighted by Crippen LogP contribution is 2.15. The van der Waals surface area contributed by atoms with E-state index in [0.717, 1.165) is 38.0 Å². The standard InChI is InChI=1S/C15H26FN3O/c1-3-4-8-19(10-11-20)9-7-14(17-2)15-6-5-13(16)12-18-15/h5-6,12,14,17,20H,3-4,7-11H2,1-2H3. The molecule has 0 saturated heterocycles. The molecule has 0 saturated carbocycles. The van der Waals surface area contributed by atoms with Crippen molar-refractivity contribution in [2.45, 2.75) is 32.2 Å². The van der Waals surface area contributed by atoms with Gasteiger partial charge in [0.2, 0.25) is 0 Å². The molecule has 0 spiro atoms. The van der Waals surface area contributed by atoms with Crippen LogP contribution >= 0.6 is 0 Å². The fourth-order valence-corrected chi connectivity index (χ4v) is 2.20. The Kier molecular flexibility index (Phi) is 8.34. The zero-order valence-corrected chi connectivity index (χ0v) is 12.5. The minimum Gasteiger partial charge on any atom is -0.395 e. The van der Waals surface area contributed by atoms with Gasteiger partial charge in [-0.05, 0) is 38.6 Å². The zero-order chi connectivity index (χ0) is 14.8. The number of hydrogen-bond acceptors (Lipinski definition) is 4. The first-order valence-electron chi connectivity index (χ1n) is 7.33. The van der Waals surface area contributed by atoms with Gasteiger partial charge in [-0.1, -0.05) is 13.3 Å². The first kappa shape index (κ1) is 17.0. The molecule has 1 atom stereocenters. The van der Waals surface area contributed by atoms with Crippen LogP contribution in [0.4, 0.5) is 4.39 Å². The Bertz CT molecular complexity index is 359. The van der Waals surface area contributed by atoms with Crippen LogP contribution in [0.25, 0.3) is 0 Å². The van der Waals surface area contributed by atoms with E-state index in [4.69, 9.17) is 5.11 Å². The highest BCUT2D eigenvalue weighted by Gasteiger charge is 2.13. The molecule has 1 rings (SSSR count). The van der Waals surface area contributed by atoms with Crippen LogP contribution in [0.2, 0.25) is 0 Å². The second-order valence-corrected chi connectivity index (χ2v) is 4.95. The summed E-state index contributed by atoms with van der Waals surface area (Å²) in [5.41, 5.74) is 0.855. The molecule has 2 N–H and O–H groups in total. The fourth-order valence-electron chi connectivity index (χ4n) is 2.20. The van der Waals surface area contributed by atoms with Gasteiger partial charge in [0.15, 0.2) is 0 Å². The number of aromatic nitrogens is 1. The maximum atomic E-state index is 12.9. The van der Waals surface area contributed by atoms with Crippen molar-refractivity contribution in [2.75, 3.05) is 33.3 Å². The number of aliphatic hydroxyl groups is 1. The molecule has 1 aromatic heterocycles. The van der Waals surface area contributed by atoms with E-state index in [1.807, 2.05) is 7.05 Å². The third kappa shape index (κ3) is 5.94. The maximum absolute atomic E-state index is 12.9. The fraction of sp³-hybridized carbons (Fsp3) is 0.667. The van der Waals surface area contributed by atoms with Crippen LogP contribution in [0.3, 0.4) is 0 Å². The summed E-state index contributed by atoms with van der Waals surface area (Å²) in [5.74, 6) is -0.312. The van der Waals surface area contributed by atoms with Crippen molar-refractivity contribution in [1.82, 2.24) is 15.2 Å². The predicted molar refractivity (Wildman–Crippen MR) is 79.0 cm³/mol. The highest BCUT2D eigenvalue weighted by molar-refractivity contribution is 5.09. The van der Waals surface area contributed by atoms with Crippen molar-refractivity contribution >= 4 is 0 Å². The molecule has 1 aromatic rings. The summed E-state index contributed by atoms with van der Waals surface area (Å²) in [6.45, 7) is 4.95. The number of unbranched alkanes of at least 4 members (excludes halogenated alkanes) is 1. The molecule has 0 radical (unpaired) electrons. The van der Waals surface area contributed by atoms with E-state index < -0.39 is 0 Å². The first-order valence-corrected chi connectivity index (χ1v) is 7.33. The van der Waals surface area contributed by atoms with Crippen LogP contribution in [-0.2, 0) is 0 Å². The van der Waals surface area contributed by atoms with E-state index >= 15 is 0 Å². The topological polar surface area (TPSA) is 48.4 Å². The number of halogens is 1. The van der Waals surface area contributed by atoms with Crippen molar-refractivity contribution in [3.05, 3.63) is 29.8 Å². The Morgan fingerprint density at radius 2 is 2.15 bits per heavy atom. The molecule has 1 heterocycles. The van der Waals surface area contributed by atoms with E-state index in [1.165, 1.54) is 12.3 Å². The lowest BCUT2D eigenvalue weighted by molar-refractivity contribution is 0.187. The van der Waals surface area contributed by atoms with Gasteiger partial charge in [-0.15, -0.1) is 0 Å². The monoisotopic (exact) mass is 283 g/mol. The van der Waals surface area contributed by atoms with Crippen LogP contribution in [0.15, 0.2) is 18.3 Å². The van der Waals surface area contributed by atoms with Crippen molar-refractivity contribution < 1.29 is 9.50 Å². The Morgan fingerprint density at radius 3 is 2.70 bits per heavy atom. The average Bonchev–Trinajstić information content (AvgIpc) is 2.47. The van der Waals surface area contributed by atoms with Crippen LogP contribution in [0.5, 0.6) is 0 Å². The van der Waals surface area contributed by atoms with Crippen molar-refractivity contribution in [1.29, 1.82) is 0 Å². The lowest BCUT2D eigenvalue weighted by Gasteiger charge is -2.24. The molecule has 0 aliphatic rings. The van der Waals surface area contributed by atoms with E-state index in [2.05, 4.69) is 22.1 Å². The normalized spacial score (nSPS) is 12.8. The smallest absolute Gasteiger partial charge is 0.141 e. The summed E-state index contributed by atoms with van der Waals surface area (Å²) in [7, 11) is 1.89. The largest absolute Gasteiger partial charge is 0.395 e. The first-order chi connectivity index (χ1) is 9.71. The van der Waals surface area contributed by atoms with Gasteiger partial charge in [-0.2, -0.15) is 0 Å². The van der Waals surface area contributed by atoms with Gasteiger partial charge in [-0.3, -0.25) is 4.98 Å². The molecule has 4 nitrogen and oxygen atoms in total. The number of aliphatic hydroxyl groups excluding tert-OH is 1. The number of hydrogen-bond donors (Lipinski definition) is 2. The Hall–Kier alpha value is -1.04. The SMILES string of the molecule is CCCCN(CCO)CCC(NC)c1ccc(F)cn1. The van der Waals surface area contributed by atoms with Gasteiger partial charge in [0.05, 0.1) is 24.5 Å². The summed E-state index contributed by atoms with van der Waals surface area (Å²) >= 11 is 0.